The van der Waals surface area contributed by atoms with Gasteiger partial charge in [-0.05, 0) is 30.9 Å². The smallest absolute Gasteiger partial charge is 0.303 e. The molecule has 1 heterocycles. The maximum Gasteiger partial charge on any atom is 0.303 e. The summed E-state index contributed by atoms with van der Waals surface area (Å²) in [5.41, 5.74) is 0.679. The molecule has 2 N–H and O–H groups in total. The first-order valence-corrected chi connectivity index (χ1v) is 6.93. The lowest BCUT2D eigenvalue weighted by Gasteiger charge is -2.13. The van der Waals surface area contributed by atoms with Crippen LogP contribution in [-0.4, -0.2) is 28.5 Å². The number of aromatic nitrogens is 1. The van der Waals surface area contributed by atoms with E-state index in [1.54, 1.807) is 6.07 Å². The monoisotopic (exact) mass is 289 g/mol. The van der Waals surface area contributed by atoms with Crippen LogP contribution in [0, 0.1) is 17.2 Å². The van der Waals surface area contributed by atoms with Crippen molar-refractivity contribution in [2.75, 3.05) is 6.54 Å². The molecule has 0 aliphatic carbocycles. The van der Waals surface area contributed by atoms with E-state index in [1.165, 1.54) is 12.3 Å². The van der Waals surface area contributed by atoms with Gasteiger partial charge in [0.1, 0.15) is 11.8 Å². The second kappa shape index (κ2) is 8.69. The first-order valence-electron chi connectivity index (χ1n) is 6.93. The number of nitriles is 1. The molecule has 1 amide bonds. The average Bonchev–Trinajstić information content (AvgIpc) is 2.50. The Morgan fingerprint density at radius 1 is 1.43 bits per heavy atom. The molecule has 1 atom stereocenters. The highest BCUT2D eigenvalue weighted by molar-refractivity contribution is 5.92. The van der Waals surface area contributed by atoms with Gasteiger partial charge >= 0.3 is 5.97 Å². The first kappa shape index (κ1) is 16.6. The summed E-state index contributed by atoms with van der Waals surface area (Å²) in [4.78, 5) is 26.3. The van der Waals surface area contributed by atoms with Crippen molar-refractivity contribution < 1.29 is 14.7 Å². The summed E-state index contributed by atoms with van der Waals surface area (Å²) in [6.45, 7) is 2.50. The van der Waals surface area contributed by atoms with E-state index in [9.17, 15) is 9.59 Å². The van der Waals surface area contributed by atoms with Gasteiger partial charge < -0.3 is 10.4 Å². The minimum absolute atomic E-state index is 0.156. The number of carbonyl (C=O) groups excluding carboxylic acids is 1. The van der Waals surface area contributed by atoms with Crippen molar-refractivity contribution in [2.45, 2.75) is 32.6 Å². The summed E-state index contributed by atoms with van der Waals surface area (Å²) >= 11 is 0. The van der Waals surface area contributed by atoms with Gasteiger partial charge in [0.15, 0.2) is 0 Å². The van der Waals surface area contributed by atoms with Crippen LogP contribution >= 0.6 is 0 Å². The van der Waals surface area contributed by atoms with E-state index in [-0.39, 0.29) is 23.9 Å². The minimum atomic E-state index is -0.792. The number of amides is 1. The largest absolute Gasteiger partial charge is 0.481 e. The van der Waals surface area contributed by atoms with Gasteiger partial charge in [-0.3, -0.25) is 9.59 Å². The third kappa shape index (κ3) is 6.04. The molecule has 1 unspecified atom stereocenters. The van der Waals surface area contributed by atoms with E-state index in [0.717, 1.165) is 12.8 Å². The number of hydrogen-bond donors (Lipinski definition) is 2. The highest BCUT2D eigenvalue weighted by Gasteiger charge is 2.11. The number of nitrogens with one attached hydrogen (secondary N) is 1. The fourth-order valence-electron chi connectivity index (χ4n) is 1.95. The predicted molar refractivity (Wildman–Crippen MR) is 76.6 cm³/mol. The highest BCUT2D eigenvalue weighted by Crippen LogP contribution is 2.14. The average molecular weight is 289 g/mol. The molecule has 0 fully saturated rings. The van der Waals surface area contributed by atoms with Gasteiger partial charge in [0.25, 0.3) is 5.91 Å². The Balaban J connectivity index is 2.38. The normalized spacial score (nSPS) is 11.4. The van der Waals surface area contributed by atoms with Crippen LogP contribution in [0.2, 0.25) is 0 Å². The lowest BCUT2D eigenvalue weighted by Crippen LogP contribution is -2.26. The molecular weight excluding hydrogens is 270 g/mol. The standard InChI is InChI=1S/C15H19N3O3/c1-2-11(4-6-14(19)20)7-8-17-15(21)13-5-3-12(9-16)10-18-13/h3,5,10-11H,2,4,6-8H2,1H3,(H,17,21)(H,19,20). The summed E-state index contributed by atoms with van der Waals surface area (Å²) < 4.78 is 0. The molecule has 0 aliphatic heterocycles. The number of hydrogen-bond acceptors (Lipinski definition) is 4. The van der Waals surface area contributed by atoms with Crippen LogP contribution in [0.3, 0.4) is 0 Å². The number of pyridine rings is 1. The molecule has 0 saturated heterocycles. The molecule has 6 heteroatoms. The molecule has 0 bridgehead atoms. The van der Waals surface area contributed by atoms with Crippen molar-refractivity contribution in [2.24, 2.45) is 5.92 Å². The molecule has 0 aliphatic rings. The van der Waals surface area contributed by atoms with E-state index in [1.807, 2.05) is 13.0 Å². The summed E-state index contributed by atoms with van der Waals surface area (Å²) in [7, 11) is 0. The Bertz CT molecular complexity index is 520. The lowest BCUT2D eigenvalue weighted by molar-refractivity contribution is -0.137. The lowest BCUT2D eigenvalue weighted by atomic mass is 9.96. The maximum atomic E-state index is 11.8. The quantitative estimate of drug-likeness (QED) is 0.761. The Kier molecular flexibility index (Phi) is 6.88. The minimum Gasteiger partial charge on any atom is -0.481 e. The topological polar surface area (TPSA) is 103 Å². The van der Waals surface area contributed by atoms with E-state index < -0.39 is 5.97 Å². The van der Waals surface area contributed by atoms with E-state index >= 15 is 0 Å². The van der Waals surface area contributed by atoms with E-state index in [2.05, 4.69) is 10.3 Å². The zero-order valence-corrected chi connectivity index (χ0v) is 12.0. The van der Waals surface area contributed by atoms with Crippen molar-refractivity contribution in [1.29, 1.82) is 5.26 Å². The Morgan fingerprint density at radius 3 is 2.71 bits per heavy atom. The van der Waals surface area contributed by atoms with E-state index in [4.69, 9.17) is 10.4 Å². The van der Waals surface area contributed by atoms with Crippen LogP contribution in [0.5, 0.6) is 0 Å². The molecule has 21 heavy (non-hydrogen) atoms. The van der Waals surface area contributed by atoms with Crippen LogP contribution in [0.25, 0.3) is 0 Å². The number of carboxylic acid groups (broad SMARTS) is 1. The zero-order valence-electron chi connectivity index (χ0n) is 12.0. The van der Waals surface area contributed by atoms with E-state index in [0.29, 0.717) is 18.5 Å². The van der Waals surface area contributed by atoms with Gasteiger partial charge in [0, 0.05) is 19.2 Å². The molecule has 0 saturated carbocycles. The van der Waals surface area contributed by atoms with Crippen molar-refractivity contribution in [3.63, 3.8) is 0 Å². The fraction of sp³-hybridized carbons (Fsp3) is 0.467. The summed E-state index contributed by atoms with van der Waals surface area (Å²) in [5, 5.41) is 20.1. The van der Waals surface area contributed by atoms with Crippen LogP contribution < -0.4 is 5.32 Å². The molecule has 1 rings (SSSR count). The predicted octanol–water partition coefficient (Wildman–Crippen LogP) is 1.96. The van der Waals surface area contributed by atoms with Crippen molar-refractivity contribution in [3.05, 3.63) is 29.6 Å². The Labute approximate surface area is 123 Å². The third-order valence-corrected chi connectivity index (χ3v) is 3.31. The SMILES string of the molecule is CCC(CCNC(=O)c1ccc(C#N)cn1)CCC(=O)O. The zero-order chi connectivity index (χ0) is 15.7. The van der Waals surface area contributed by atoms with Gasteiger partial charge in [-0.1, -0.05) is 13.3 Å². The maximum absolute atomic E-state index is 11.8. The second-order valence-corrected chi connectivity index (χ2v) is 4.80. The first-order chi connectivity index (χ1) is 10.1. The third-order valence-electron chi connectivity index (χ3n) is 3.31. The van der Waals surface area contributed by atoms with Gasteiger partial charge in [0.05, 0.1) is 5.56 Å². The Hall–Kier alpha value is -2.42. The summed E-state index contributed by atoms with van der Waals surface area (Å²) in [6, 6.07) is 4.99. The highest BCUT2D eigenvalue weighted by atomic mass is 16.4. The van der Waals surface area contributed by atoms with Crippen LogP contribution in [-0.2, 0) is 4.79 Å². The van der Waals surface area contributed by atoms with Crippen molar-refractivity contribution in [1.82, 2.24) is 10.3 Å². The van der Waals surface area contributed by atoms with Gasteiger partial charge in [-0.25, -0.2) is 4.98 Å². The number of rotatable bonds is 8. The summed E-state index contributed by atoms with van der Waals surface area (Å²) in [5.74, 6) is -0.790. The van der Waals surface area contributed by atoms with Crippen molar-refractivity contribution in [3.8, 4) is 6.07 Å². The summed E-state index contributed by atoms with van der Waals surface area (Å²) in [6.07, 6.45) is 3.77. The number of aliphatic carboxylic acids is 1. The molecule has 112 valence electrons. The van der Waals surface area contributed by atoms with Gasteiger partial charge in [0.2, 0.25) is 0 Å². The number of carboxylic acids is 1. The number of nitrogens with zero attached hydrogens (tertiary/aromatic N) is 2. The van der Waals surface area contributed by atoms with Crippen LogP contribution in [0.1, 0.15) is 48.7 Å². The molecule has 1 aromatic rings. The second-order valence-electron chi connectivity index (χ2n) is 4.80. The van der Waals surface area contributed by atoms with Crippen LogP contribution in [0.15, 0.2) is 18.3 Å². The molecular formula is C15H19N3O3. The fourth-order valence-corrected chi connectivity index (χ4v) is 1.95. The molecule has 0 radical (unpaired) electrons. The van der Waals surface area contributed by atoms with Gasteiger partial charge in [-0.2, -0.15) is 5.26 Å². The van der Waals surface area contributed by atoms with Gasteiger partial charge in [-0.15, -0.1) is 0 Å². The van der Waals surface area contributed by atoms with Crippen molar-refractivity contribution >= 4 is 11.9 Å². The Morgan fingerprint density at radius 2 is 2.19 bits per heavy atom. The molecule has 0 spiro atoms. The number of carbonyl (C=O) groups is 2. The molecule has 0 aromatic carbocycles. The molecule has 6 nitrogen and oxygen atoms in total. The molecule has 1 aromatic heterocycles. The van der Waals surface area contributed by atoms with Crippen LogP contribution in [0.4, 0.5) is 0 Å².